The quantitative estimate of drug-likeness (QED) is 0.867. The second-order valence-electron chi connectivity index (χ2n) is 4.57. The average Bonchev–Trinajstić information content (AvgIpc) is 2.35. The van der Waals surface area contributed by atoms with Crippen molar-refractivity contribution in [3.63, 3.8) is 0 Å². The van der Waals surface area contributed by atoms with E-state index in [1.54, 1.807) is 0 Å². The van der Waals surface area contributed by atoms with Gasteiger partial charge >= 0.3 is 0 Å². The molecule has 2 nitrogen and oxygen atoms in total. The van der Waals surface area contributed by atoms with Gasteiger partial charge in [0.15, 0.2) is 0 Å². The predicted molar refractivity (Wildman–Crippen MR) is 80.4 cm³/mol. The number of nitrogens with zero attached hydrogens (tertiary/aromatic N) is 1. The minimum atomic E-state index is 0.835. The zero-order valence-corrected chi connectivity index (χ0v) is 12.6. The number of anilines is 1. The molecule has 94 valence electrons. The summed E-state index contributed by atoms with van der Waals surface area (Å²) < 4.78 is 0.988. The van der Waals surface area contributed by atoms with E-state index >= 15 is 0 Å². The molecular formula is C13H19BrN2S. The maximum Gasteiger partial charge on any atom is 0.0461 e. The monoisotopic (exact) mass is 314 g/mol. The number of halogens is 1. The van der Waals surface area contributed by atoms with Gasteiger partial charge < -0.3 is 5.73 Å². The van der Waals surface area contributed by atoms with Crippen molar-refractivity contribution in [1.82, 2.24) is 4.90 Å². The predicted octanol–water partition coefficient (Wildman–Crippen LogP) is 3.36. The maximum atomic E-state index is 5.90. The molecule has 0 unspecified atom stereocenters. The number of nitrogens with two attached hydrogens (primary N) is 1. The lowest BCUT2D eigenvalue weighted by atomic mass is 10.1. The first kappa shape index (κ1) is 13.2. The van der Waals surface area contributed by atoms with Gasteiger partial charge in [-0.05, 0) is 65.8 Å². The number of benzene rings is 1. The third kappa shape index (κ3) is 3.63. The zero-order chi connectivity index (χ0) is 12.3. The smallest absolute Gasteiger partial charge is 0.0461 e. The summed E-state index contributed by atoms with van der Waals surface area (Å²) in [6.07, 6.45) is 4.84. The molecule has 1 aromatic carbocycles. The van der Waals surface area contributed by atoms with Crippen LogP contribution in [0.25, 0.3) is 0 Å². The van der Waals surface area contributed by atoms with Gasteiger partial charge in [0.2, 0.25) is 0 Å². The molecular weight excluding hydrogens is 296 g/mol. The molecule has 2 rings (SSSR count). The third-order valence-corrected chi connectivity index (χ3v) is 5.19. The Morgan fingerprint density at radius 1 is 1.41 bits per heavy atom. The Bertz CT molecular complexity index is 376. The normalized spacial score (nSPS) is 18.5. The van der Waals surface area contributed by atoms with E-state index in [9.17, 15) is 0 Å². The Morgan fingerprint density at radius 2 is 2.12 bits per heavy atom. The molecule has 0 spiro atoms. The van der Waals surface area contributed by atoms with Crippen molar-refractivity contribution in [1.29, 1.82) is 0 Å². The van der Waals surface area contributed by atoms with Gasteiger partial charge in [0, 0.05) is 22.0 Å². The number of hydrogen-bond donors (Lipinski definition) is 1. The third-order valence-electron chi connectivity index (χ3n) is 3.33. The van der Waals surface area contributed by atoms with Crippen molar-refractivity contribution >= 4 is 33.4 Å². The molecule has 0 bridgehead atoms. The van der Waals surface area contributed by atoms with Crippen molar-refractivity contribution in [3.8, 4) is 0 Å². The first-order valence-electron chi connectivity index (χ1n) is 5.98. The summed E-state index contributed by atoms with van der Waals surface area (Å²) in [5.74, 6) is 0. The lowest BCUT2D eigenvalue weighted by Crippen LogP contribution is -2.34. The van der Waals surface area contributed by atoms with Crippen molar-refractivity contribution in [2.75, 3.05) is 25.1 Å². The van der Waals surface area contributed by atoms with Crippen LogP contribution in [0.4, 0.5) is 5.69 Å². The molecule has 17 heavy (non-hydrogen) atoms. The molecule has 0 amide bonds. The summed E-state index contributed by atoms with van der Waals surface area (Å²) in [5.41, 5.74) is 8.05. The minimum absolute atomic E-state index is 0.835. The number of piperidine rings is 1. The van der Waals surface area contributed by atoms with Crippen molar-refractivity contribution in [2.24, 2.45) is 0 Å². The Kier molecular flexibility index (Phi) is 4.77. The van der Waals surface area contributed by atoms with Crippen LogP contribution < -0.4 is 5.73 Å². The number of likely N-dealkylation sites (tertiary alicyclic amines) is 1. The van der Waals surface area contributed by atoms with Crippen LogP contribution in [0.1, 0.15) is 18.4 Å². The van der Waals surface area contributed by atoms with Crippen LogP contribution in [-0.4, -0.2) is 29.5 Å². The van der Waals surface area contributed by atoms with Crippen LogP contribution >= 0.6 is 27.7 Å². The van der Waals surface area contributed by atoms with E-state index in [2.05, 4.69) is 39.2 Å². The van der Waals surface area contributed by atoms with Crippen LogP contribution in [0.15, 0.2) is 22.7 Å². The topological polar surface area (TPSA) is 29.3 Å². The van der Waals surface area contributed by atoms with Gasteiger partial charge in [0.05, 0.1) is 0 Å². The number of nitrogen functional groups attached to an aromatic ring is 1. The SMILES string of the molecule is CSC1CCN(Cc2ccc(Br)c(N)c2)CC1. The summed E-state index contributed by atoms with van der Waals surface area (Å²) >= 11 is 5.44. The lowest BCUT2D eigenvalue weighted by Gasteiger charge is -2.31. The van der Waals surface area contributed by atoms with Gasteiger partial charge in [0.25, 0.3) is 0 Å². The van der Waals surface area contributed by atoms with Gasteiger partial charge in [-0.15, -0.1) is 0 Å². The molecule has 1 aliphatic heterocycles. The largest absolute Gasteiger partial charge is 0.398 e. The molecule has 0 radical (unpaired) electrons. The van der Waals surface area contributed by atoms with E-state index in [0.717, 1.165) is 22.0 Å². The molecule has 4 heteroatoms. The fourth-order valence-electron chi connectivity index (χ4n) is 2.25. The number of rotatable bonds is 3. The summed E-state index contributed by atoms with van der Waals surface area (Å²) in [7, 11) is 0. The van der Waals surface area contributed by atoms with Gasteiger partial charge in [-0.3, -0.25) is 4.90 Å². The van der Waals surface area contributed by atoms with E-state index in [0.29, 0.717) is 0 Å². The molecule has 0 aromatic heterocycles. The average molecular weight is 315 g/mol. The van der Waals surface area contributed by atoms with Gasteiger partial charge in [0.1, 0.15) is 0 Å². The lowest BCUT2D eigenvalue weighted by molar-refractivity contribution is 0.225. The van der Waals surface area contributed by atoms with Crippen molar-refractivity contribution in [2.45, 2.75) is 24.6 Å². The highest BCUT2D eigenvalue weighted by Gasteiger charge is 2.18. The first-order valence-corrected chi connectivity index (χ1v) is 8.06. The first-order chi connectivity index (χ1) is 8.19. The summed E-state index contributed by atoms with van der Waals surface area (Å²) in [6.45, 7) is 3.45. The fourth-order valence-corrected chi connectivity index (χ4v) is 3.18. The Labute approximate surface area is 116 Å². The minimum Gasteiger partial charge on any atom is -0.398 e. The number of hydrogen-bond acceptors (Lipinski definition) is 3. The van der Waals surface area contributed by atoms with E-state index in [1.165, 1.54) is 31.5 Å². The van der Waals surface area contributed by atoms with Crippen LogP contribution in [0.5, 0.6) is 0 Å². The number of thioether (sulfide) groups is 1. The molecule has 0 saturated carbocycles. The molecule has 1 aliphatic rings. The Hall–Kier alpha value is -0.190. The summed E-state index contributed by atoms with van der Waals surface area (Å²) in [6, 6.07) is 6.27. The standard InChI is InChI=1S/C13H19BrN2S/c1-17-11-4-6-16(7-5-11)9-10-2-3-12(14)13(15)8-10/h2-3,8,11H,4-7,9,15H2,1H3. The summed E-state index contributed by atoms with van der Waals surface area (Å²) in [5, 5.41) is 0.862. The van der Waals surface area contributed by atoms with Gasteiger partial charge in [-0.2, -0.15) is 11.8 Å². The van der Waals surface area contributed by atoms with E-state index in [-0.39, 0.29) is 0 Å². The highest BCUT2D eigenvalue weighted by molar-refractivity contribution is 9.10. The maximum absolute atomic E-state index is 5.90. The van der Waals surface area contributed by atoms with Gasteiger partial charge in [-0.1, -0.05) is 6.07 Å². The highest BCUT2D eigenvalue weighted by Crippen LogP contribution is 2.24. The van der Waals surface area contributed by atoms with Gasteiger partial charge in [-0.25, -0.2) is 0 Å². The van der Waals surface area contributed by atoms with Crippen LogP contribution in [0.2, 0.25) is 0 Å². The molecule has 1 saturated heterocycles. The Balaban J connectivity index is 1.91. The van der Waals surface area contributed by atoms with Crippen LogP contribution in [0, 0.1) is 0 Å². The molecule has 1 aromatic rings. The molecule has 0 aliphatic carbocycles. The molecule has 1 heterocycles. The van der Waals surface area contributed by atoms with E-state index in [1.807, 2.05) is 17.8 Å². The van der Waals surface area contributed by atoms with E-state index in [4.69, 9.17) is 5.73 Å². The fraction of sp³-hybridized carbons (Fsp3) is 0.538. The van der Waals surface area contributed by atoms with Crippen LogP contribution in [0.3, 0.4) is 0 Å². The van der Waals surface area contributed by atoms with E-state index < -0.39 is 0 Å². The van der Waals surface area contributed by atoms with Crippen molar-refractivity contribution in [3.05, 3.63) is 28.2 Å². The summed E-state index contributed by atoms with van der Waals surface area (Å²) in [4.78, 5) is 2.52. The highest BCUT2D eigenvalue weighted by atomic mass is 79.9. The molecule has 0 atom stereocenters. The zero-order valence-electron chi connectivity index (χ0n) is 10.2. The Morgan fingerprint density at radius 3 is 2.71 bits per heavy atom. The second kappa shape index (κ2) is 6.12. The van der Waals surface area contributed by atoms with Crippen LogP contribution in [-0.2, 0) is 6.54 Å². The second-order valence-corrected chi connectivity index (χ2v) is 6.56. The molecule has 1 fully saturated rings. The molecule has 2 N–H and O–H groups in total. The van der Waals surface area contributed by atoms with Crippen molar-refractivity contribution < 1.29 is 0 Å².